The summed E-state index contributed by atoms with van der Waals surface area (Å²) in [6.45, 7) is 4.30. The van der Waals surface area contributed by atoms with Gasteiger partial charge >= 0.3 is 0 Å². The van der Waals surface area contributed by atoms with Crippen LogP contribution in [0.2, 0.25) is 10.0 Å². The van der Waals surface area contributed by atoms with E-state index in [0.29, 0.717) is 16.6 Å². The van der Waals surface area contributed by atoms with E-state index in [-0.39, 0.29) is 5.91 Å². The third-order valence-corrected chi connectivity index (χ3v) is 5.33. The van der Waals surface area contributed by atoms with E-state index < -0.39 is 6.10 Å². The van der Waals surface area contributed by atoms with Crippen molar-refractivity contribution in [2.75, 3.05) is 12.3 Å². The molecule has 2 aromatic rings. The lowest BCUT2D eigenvalue weighted by Crippen LogP contribution is -2.37. The van der Waals surface area contributed by atoms with Crippen LogP contribution in [0.15, 0.2) is 42.5 Å². The van der Waals surface area contributed by atoms with Crippen molar-refractivity contribution in [1.82, 2.24) is 5.32 Å². The monoisotopic (exact) mass is 397 g/mol. The fourth-order valence-corrected chi connectivity index (χ4v) is 3.27. The van der Waals surface area contributed by atoms with Gasteiger partial charge in [-0.1, -0.05) is 47.5 Å². The topological polar surface area (TPSA) is 38.3 Å². The van der Waals surface area contributed by atoms with E-state index in [4.69, 9.17) is 27.9 Å². The van der Waals surface area contributed by atoms with Gasteiger partial charge in [0.1, 0.15) is 5.75 Å². The molecule has 0 unspecified atom stereocenters. The van der Waals surface area contributed by atoms with Crippen molar-refractivity contribution in [2.45, 2.75) is 25.7 Å². The fourth-order valence-electron chi connectivity index (χ4n) is 2.14. The summed E-state index contributed by atoms with van der Waals surface area (Å²) in [4.78, 5) is 12.1. The smallest absolute Gasteiger partial charge is 0.260 e. The zero-order valence-corrected chi connectivity index (χ0v) is 16.5. The average molecular weight is 398 g/mol. The van der Waals surface area contributed by atoms with Gasteiger partial charge in [0.05, 0.1) is 10.0 Å². The first-order valence-electron chi connectivity index (χ1n) is 7.99. The summed E-state index contributed by atoms with van der Waals surface area (Å²) in [7, 11) is 0. The van der Waals surface area contributed by atoms with E-state index in [0.717, 1.165) is 28.4 Å². The second-order valence-corrected chi connectivity index (χ2v) is 7.54. The second kappa shape index (κ2) is 9.95. The molecule has 2 aromatic carbocycles. The number of carbonyl (C=O) groups is 1. The predicted octanol–water partition coefficient (Wildman–Crippen LogP) is 5.12. The van der Waals surface area contributed by atoms with Crippen LogP contribution in [0.5, 0.6) is 5.75 Å². The van der Waals surface area contributed by atoms with Crippen LogP contribution >= 0.6 is 35.0 Å². The number of benzene rings is 2. The Morgan fingerprint density at radius 2 is 1.96 bits per heavy atom. The van der Waals surface area contributed by atoms with Gasteiger partial charge in [0.25, 0.3) is 5.91 Å². The average Bonchev–Trinajstić information content (AvgIpc) is 2.59. The van der Waals surface area contributed by atoms with Crippen LogP contribution in [0, 0.1) is 6.92 Å². The first-order valence-corrected chi connectivity index (χ1v) is 9.90. The number of thioether (sulfide) groups is 1. The largest absolute Gasteiger partial charge is 0.481 e. The molecule has 25 heavy (non-hydrogen) atoms. The molecule has 6 heteroatoms. The zero-order chi connectivity index (χ0) is 18.2. The lowest BCUT2D eigenvalue weighted by molar-refractivity contribution is -0.127. The van der Waals surface area contributed by atoms with E-state index in [9.17, 15) is 4.79 Å². The maximum Gasteiger partial charge on any atom is 0.260 e. The maximum atomic E-state index is 12.1. The zero-order valence-electron chi connectivity index (χ0n) is 14.2. The minimum atomic E-state index is -0.527. The maximum absolute atomic E-state index is 12.1. The van der Waals surface area contributed by atoms with Crippen LogP contribution in [0.1, 0.15) is 18.1 Å². The number of hydrogen-bond donors (Lipinski definition) is 1. The van der Waals surface area contributed by atoms with Crippen molar-refractivity contribution in [2.24, 2.45) is 0 Å². The Kier molecular flexibility index (Phi) is 7.94. The molecule has 1 atom stereocenters. The number of nitrogens with one attached hydrogen (secondary N) is 1. The normalized spacial score (nSPS) is 11.8. The molecule has 0 saturated carbocycles. The Morgan fingerprint density at radius 1 is 1.20 bits per heavy atom. The quantitative estimate of drug-likeness (QED) is 0.628. The third kappa shape index (κ3) is 6.46. The Morgan fingerprint density at radius 3 is 2.68 bits per heavy atom. The second-order valence-electron chi connectivity index (χ2n) is 5.62. The van der Waals surface area contributed by atoms with Gasteiger partial charge in [-0.25, -0.2) is 0 Å². The number of amides is 1. The minimum Gasteiger partial charge on any atom is -0.481 e. The minimum absolute atomic E-state index is 0.113. The van der Waals surface area contributed by atoms with Gasteiger partial charge in [-0.2, -0.15) is 11.8 Å². The first-order chi connectivity index (χ1) is 12.0. The summed E-state index contributed by atoms with van der Waals surface area (Å²) in [5.41, 5.74) is 2.13. The summed E-state index contributed by atoms with van der Waals surface area (Å²) in [5.74, 6) is 2.25. The van der Waals surface area contributed by atoms with E-state index >= 15 is 0 Å². The fraction of sp³-hybridized carbons (Fsp3) is 0.316. The van der Waals surface area contributed by atoms with Crippen LogP contribution in [-0.4, -0.2) is 24.3 Å². The van der Waals surface area contributed by atoms with Gasteiger partial charge in [-0.3, -0.25) is 4.79 Å². The van der Waals surface area contributed by atoms with Crippen molar-refractivity contribution in [3.63, 3.8) is 0 Å². The van der Waals surface area contributed by atoms with Crippen molar-refractivity contribution < 1.29 is 9.53 Å². The van der Waals surface area contributed by atoms with E-state index in [2.05, 4.69) is 5.32 Å². The summed E-state index contributed by atoms with van der Waals surface area (Å²) in [6, 6.07) is 13.3. The molecule has 0 bridgehead atoms. The highest BCUT2D eigenvalue weighted by atomic mass is 35.5. The van der Waals surface area contributed by atoms with Gasteiger partial charge in [0, 0.05) is 18.1 Å². The van der Waals surface area contributed by atoms with E-state index in [1.54, 1.807) is 24.8 Å². The Labute approximate surface area is 163 Å². The molecule has 0 aliphatic rings. The number of hydrogen-bond acceptors (Lipinski definition) is 3. The molecule has 1 N–H and O–H groups in total. The number of carbonyl (C=O) groups excluding carboxylic acids is 1. The highest BCUT2D eigenvalue weighted by molar-refractivity contribution is 7.98. The van der Waals surface area contributed by atoms with Crippen LogP contribution in [0.25, 0.3) is 0 Å². The van der Waals surface area contributed by atoms with Crippen LogP contribution in [-0.2, 0) is 10.5 Å². The van der Waals surface area contributed by atoms with Gasteiger partial charge < -0.3 is 10.1 Å². The molecule has 2 rings (SSSR count). The van der Waals surface area contributed by atoms with Crippen LogP contribution < -0.4 is 10.1 Å². The lowest BCUT2D eigenvalue weighted by atomic mass is 10.2. The molecule has 0 spiro atoms. The molecule has 0 aromatic heterocycles. The molecule has 0 saturated heterocycles. The van der Waals surface area contributed by atoms with E-state index in [1.165, 1.54) is 0 Å². The Balaban J connectivity index is 1.67. The van der Waals surface area contributed by atoms with Crippen LogP contribution in [0.4, 0.5) is 0 Å². The van der Waals surface area contributed by atoms with Gasteiger partial charge in [-0.15, -0.1) is 0 Å². The number of halogens is 2. The van der Waals surface area contributed by atoms with Crippen LogP contribution in [0.3, 0.4) is 0 Å². The van der Waals surface area contributed by atoms with Crippen molar-refractivity contribution in [1.29, 1.82) is 0 Å². The third-order valence-electron chi connectivity index (χ3n) is 3.56. The van der Waals surface area contributed by atoms with Gasteiger partial charge in [0.15, 0.2) is 6.10 Å². The van der Waals surface area contributed by atoms with Gasteiger partial charge in [0.2, 0.25) is 0 Å². The van der Waals surface area contributed by atoms with Crippen molar-refractivity contribution in [3.05, 3.63) is 63.6 Å². The molecule has 0 heterocycles. The number of aryl methyl sites for hydroxylation is 1. The summed E-state index contributed by atoms with van der Waals surface area (Å²) in [6.07, 6.45) is -0.527. The van der Waals surface area contributed by atoms with Crippen molar-refractivity contribution in [3.8, 4) is 5.75 Å². The molecule has 1 amide bonds. The summed E-state index contributed by atoms with van der Waals surface area (Å²) in [5, 5.41) is 4.02. The number of para-hydroxylation sites is 1. The predicted molar refractivity (Wildman–Crippen MR) is 107 cm³/mol. The molecule has 134 valence electrons. The molecule has 0 aliphatic heterocycles. The first kappa shape index (κ1) is 20.0. The highest BCUT2D eigenvalue weighted by Crippen LogP contribution is 2.24. The molecule has 0 fully saturated rings. The Bertz CT molecular complexity index is 724. The number of rotatable bonds is 8. The lowest BCUT2D eigenvalue weighted by Gasteiger charge is -2.16. The molecule has 0 radical (unpaired) electrons. The van der Waals surface area contributed by atoms with Crippen molar-refractivity contribution >= 4 is 40.9 Å². The molecular weight excluding hydrogens is 377 g/mol. The molecule has 3 nitrogen and oxygen atoms in total. The Hall–Kier alpha value is -1.36. The van der Waals surface area contributed by atoms with Gasteiger partial charge in [-0.05, 0) is 43.2 Å². The highest BCUT2D eigenvalue weighted by Gasteiger charge is 2.14. The molecular formula is C19H21Cl2NO2S. The summed E-state index contributed by atoms with van der Waals surface area (Å²) >= 11 is 13.6. The number of ether oxygens (including phenoxy) is 1. The SMILES string of the molecule is Cc1ccccc1O[C@H](C)C(=O)NCCSCc1ccc(Cl)c(Cl)c1. The standard InChI is InChI=1S/C19H21Cl2NO2S/c1-13-5-3-4-6-18(13)24-14(2)19(23)22-9-10-25-12-15-7-8-16(20)17(21)11-15/h3-8,11,14H,9-10,12H2,1-2H3,(H,22,23)/t14-/m1/s1. The molecule has 0 aliphatic carbocycles. The summed E-state index contributed by atoms with van der Waals surface area (Å²) < 4.78 is 5.71. The van der Waals surface area contributed by atoms with E-state index in [1.807, 2.05) is 43.3 Å².